The third-order valence-electron chi connectivity index (χ3n) is 4.30. The maximum atomic E-state index is 5.73. The zero-order valence-electron chi connectivity index (χ0n) is 13.0. The monoisotopic (exact) mass is 289 g/mol. The number of aryl methyl sites for hydroxylation is 1. The second-order valence-electron chi connectivity index (χ2n) is 5.76. The van der Waals surface area contributed by atoms with Crippen molar-refractivity contribution in [2.75, 3.05) is 6.54 Å². The largest absolute Gasteiger partial charge is 0.330 e. The van der Waals surface area contributed by atoms with Gasteiger partial charge in [0.1, 0.15) is 0 Å². The lowest BCUT2D eigenvalue weighted by Gasteiger charge is -2.09. The van der Waals surface area contributed by atoms with Crippen LogP contribution in [0.25, 0.3) is 11.6 Å². The lowest BCUT2D eigenvalue weighted by atomic mass is 9.97. The fourth-order valence-corrected chi connectivity index (χ4v) is 3.15. The smallest absolute Gasteiger partial charge is 0.00366 e. The fraction of sp³-hybridized carbons (Fsp3) is 0.238. The molecule has 0 spiro atoms. The second kappa shape index (κ2) is 7.24. The normalized spacial score (nSPS) is 13.4. The quantitative estimate of drug-likeness (QED) is 0.900. The van der Waals surface area contributed by atoms with Crippen molar-refractivity contribution in [2.45, 2.75) is 25.7 Å². The van der Waals surface area contributed by atoms with Crippen LogP contribution in [0.2, 0.25) is 0 Å². The molecule has 3 rings (SSSR count). The van der Waals surface area contributed by atoms with E-state index in [0.717, 1.165) is 25.7 Å². The minimum absolute atomic E-state index is 0.714. The van der Waals surface area contributed by atoms with Gasteiger partial charge in [0, 0.05) is 0 Å². The van der Waals surface area contributed by atoms with Gasteiger partial charge in [0.25, 0.3) is 0 Å². The highest BCUT2D eigenvalue weighted by molar-refractivity contribution is 5.59. The van der Waals surface area contributed by atoms with Gasteiger partial charge in [0.15, 0.2) is 0 Å². The molecule has 0 saturated heterocycles. The van der Waals surface area contributed by atoms with Crippen LogP contribution in [0.15, 0.2) is 60.7 Å². The summed E-state index contributed by atoms with van der Waals surface area (Å²) < 4.78 is 0. The number of hydrogen-bond donors (Lipinski definition) is 1. The van der Waals surface area contributed by atoms with Gasteiger partial charge in [-0.15, -0.1) is 0 Å². The van der Waals surface area contributed by atoms with Crippen LogP contribution in [0, 0.1) is 0 Å². The van der Waals surface area contributed by atoms with Crippen LogP contribution in [0.1, 0.15) is 24.0 Å². The molecule has 2 aromatic rings. The topological polar surface area (TPSA) is 26.0 Å². The van der Waals surface area contributed by atoms with Gasteiger partial charge in [0.2, 0.25) is 0 Å². The Kier molecular flexibility index (Phi) is 4.87. The van der Waals surface area contributed by atoms with E-state index in [1.807, 2.05) is 0 Å². The molecule has 0 atom stereocenters. The van der Waals surface area contributed by atoms with E-state index in [-0.39, 0.29) is 0 Å². The molecule has 0 saturated carbocycles. The zero-order chi connectivity index (χ0) is 15.2. The maximum absolute atomic E-state index is 5.73. The van der Waals surface area contributed by atoms with Crippen LogP contribution in [-0.2, 0) is 12.8 Å². The first-order valence-electron chi connectivity index (χ1n) is 8.10. The minimum atomic E-state index is 0.714. The van der Waals surface area contributed by atoms with Gasteiger partial charge in [-0.2, -0.15) is 0 Å². The molecule has 1 aliphatic rings. The number of hydrogen-bond acceptors (Lipinski definition) is 1. The van der Waals surface area contributed by atoms with Crippen molar-refractivity contribution in [3.63, 3.8) is 0 Å². The SMILES string of the molecule is NCCc1ccccc1CCC1=c2ccccc2=CCC=C1. The predicted molar refractivity (Wildman–Crippen MR) is 94.8 cm³/mol. The van der Waals surface area contributed by atoms with Gasteiger partial charge in [0.05, 0.1) is 0 Å². The van der Waals surface area contributed by atoms with Crippen molar-refractivity contribution in [1.29, 1.82) is 0 Å². The maximum Gasteiger partial charge on any atom is -0.00366 e. The Morgan fingerprint density at radius 2 is 1.55 bits per heavy atom. The standard InChI is InChI=1S/C21H23N/c22-16-15-18-8-2-1-7-17(18)13-14-20-11-4-3-9-19-10-5-6-12-21(19)20/h1-2,4-12H,3,13-16,22H2. The van der Waals surface area contributed by atoms with Gasteiger partial charge in [-0.3, -0.25) is 0 Å². The van der Waals surface area contributed by atoms with Crippen LogP contribution in [-0.4, -0.2) is 6.54 Å². The zero-order valence-corrected chi connectivity index (χ0v) is 13.0. The third kappa shape index (κ3) is 3.37. The molecule has 2 N–H and O–H groups in total. The second-order valence-corrected chi connectivity index (χ2v) is 5.76. The van der Waals surface area contributed by atoms with Crippen molar-refractivity contribution in [3.05, 3.63) is 82.2 Å². The number of fused-ring (bicyclic) bond motifs is 1. The Morgan fingerprint density at radius 1 is 0.818 bits per heavy atom. The first kappa shape index (κ1) is 14.8. The van der Waals surface area contributed by atoms with Crippen molar-refractivity contribution in [1.82, 2.24) is 0 Å². The molecular weight excluding hydrogens is 266 g/mol. The van der Waals surface area contributed by atoms with Crippen molar-refractivity contribution < 1.29 is 0 Å². The summed E-state index contributed by atoms with van der Waals surface area (Å²) in [6.07, 6.45) is 11.0. The summed E-state index contributed by atoms with van der Waals surface area (Å²) in [5.74, 6) is 0. The molecule has 0 fully saturated rings. The van der Waals surface area contributed by atoms with Gasteiger partial charge in [-0.25, -0.2) is 0 Å². The first-order chi connectivity index (χ1) is 10.9. The first-order valence-corrected chi connectivity index (χ1v) is 8.10. The summed E-state index contributed by atoms with van der Waals surface area (Å²) in [6.45, 7) is 0.714. The Balaban J connectivity index is 1.89. The lowest BCUT2D eigenvalue weighted by Crippen LogP contribution is -2.25. The molecule has 0 unspecified atom stereocenters. The summed E-state index contributed by atoms with van der Waals surface area (Å²) in [5.41, 5.74) is 9.99. The van der Waals surface area contributed by atoms with E-state index in [1.165, 1.54) is 27.1 Å². The molecule has 0 bridgehead atoms. The van der Waals surface area contributed by atoms with Gasteiger partial charge < -0.3 is 5.73 Å². The Labute approximate surface area is 132 Å². The van der Waals surface area contributed by atoms with Crippen LogP contribution >= 0.6 is 0 Å². The molecule has 0 heterocycles. The van der Waals surface area contributed by atoms with E-state index in [0.29, 0.717) is 6.54 Å². The Morgan fingerprint density at radius 3 is 2.36 bits per heavy atom. The predicted octanol–water partition coefficient (Wildman–Crippen LogP) is 2.71. The summed E-state index contributed by atoms with van der Waals surface area (Å²) >= 11 is 0. The summed E-state index contributed by atoms with van der Waals surface area (Å²) in [7, 11) is 0. The number of nitrogens with two attached hydrogens (primary N) is 1. The summed E-state index contributed by atoms with van der Waals surface area (Å²) in [4.78, 5) is 0. The molecule has 22 heavy (non-hydrogen) atoms. The molecule has 1 heteroatoms. The molecule has 0 radical (unpaired) electrons. The molecule has 112 valence electrons. The number of benzene rings is 2. The average molecular weight is 289 g/mol. The third-order valence-corrected chi connectivity index (χ3v) is 4.30. The molecule has 0 amide bonds. The van der Waals surface area contributed by atoms with E-state index in [2.05, 4.69) is 66.8 Å². The van der Waals surface area contributed by atoms with Gasteiger partial charge >= 0.3 is 0 Å². The van der Waals surface area contributed by atoms with E-state index in [9.17, 15) is 0 Å². The Hall–Kier alpha value is -2.12. The molecule has 1 aliphatic carbocycles. The van der Waals surface area contributed by atoms with E-state index in [1.54, 1.807) is 0 Å². The minimum Gasteiger partial charge on any atom is -0.330 e. The number of rotatable bonds is 5. The van der Waals surface area contributed by atoms with E-state index < -0.39 is 0 Å². The van der Waals surface area contributed by atoms with Gasteiger partial charge in [-0.05, 0) is 59.4 Å². The molecular formula is C21H23N. The van der Waals surface area contributed by atoms with Crippen molar-refractivity contribution in [2.24, 2.45) is 5.73 Å². The van der Waals surface area contributed by atoms with Crippen LogP contribution in [0.3, 0.4) is 0 Å². The van der Waals surface area contributed by atoms with Crippen molar-refractivity contribution in [3.8, 4) is 0 Å². The molecule has 0 aliphatic heterocycles. The van der Waals surface area contributed by atoms with Gasteiger partial charge in [-0.1, -0.05) is 66.8 Å². The van der Waals surface area contributed by atoms with Crippen LogP contribution < -0.4 is 16.2 Å². The van der Waals surface area contributed by atoms with Crippen LogP contribution in [0.4, 0.5) is 0 Å². The molecule has 0 aromatic heterocycles. The summed E-state index contributed by atoms with van der Waals surface area (Å²) in [6, 6.07) is 17.4. The van der Waals surface area contributed by atoms with Crippen LogP contribution in [0.5, 0.6) is 0 Å². The highest BCUT2D eigenvalue weighted by Crippen LogP contribution is 2.16. The fourth-order valence-electron chi connectivity index (χ4n) is 3.15. The highest BCUT2D eigenvalue weighted by atomic mass is 14.5. The van der Waals surface area contributed by atoms with E-state index >= 15 is 0 Å². The lowest BCUT2D eigenvalue weighted by molar-refractivity contribution is 0.919. The Bertz CT molecular complexity index is 784. The molecule has 1 nitrogen and oxygen atoms in total. The summed E-state index contributed by atoms with van der Waals surface area (Å²) in [5, 5.41) is 2.74. The highest BCUT2D eigenvalue weighted by Gasteiger charge is 2.04. The molecule has 2 aromatic carbocycles. The van der Waals surface area contributed by atoms with Crippen molar-refractivity contribution >= 4 is 11.6 Å². The van der Waals surface area contributed by atoms with E-state index in [4.69, 9.17) is 5.73 Å². The number of allylic oxidation sites excluding steroid dienone is 2. The average Bonchev–Trinajstić information content (AvgIpc) is 2.77.